The molecule has 3 aromatic heterocycles. The van der Waals surface area contributed by atoms with Gasteiger partial charge in [-0.2, -0.15) is 10.4 Å². The van der Waals surface area contributed by atoms with Crippen molar-refractivity contribution in [1.29, 1.82) is 5.26 Å². The first-order valence-electron chi connectivity index (χ1n) is 8.06. The lowest BCUT2D eigenvalue weighted by Crippen LogP contribution is -2.02. The van der Waals surface area contributed by atoms with E-state index in [-0.39, 0.29) is 5.82 Å². The Labute approximate surface area is 149 Å². The van der Waals surface area contributed by atoms with Crippen LogP contribution < -0.4 is 5.32 Å². The third-order valence-corrected chi connectivity index (χ3v) is 4.04. The number of aromatic nitrogens is 3. The van der Waals surface area contributed by atoms with Gasteiger partial charge in [-0.05, 0) is 42.0 Å². The summed E-state index contributed by atoms with van der Waals surface area (Å²) in [5.41, 5.74) is 3.82. The topological polar surface area (TPSA) is 66.0 Å². The van der Waals surface area contributed by atoms with Crippen LogP contribution in [-0.4, -0.2) is 14.6 Å². The first kappa shape index (κ1) is 15.8. The zero-order chi connectivity index (χ0) is 17.9. The molecule has 126 valence electrons. The molecule has 1 N–H and O–H groups in total. The van der Waals surface area contributed by atoms with Crippen molar-refractivity contribution in [3.63, 3.8) is 0 Å². The van der Waals surface area contributed by atoms with Gasteiger partial charge in [-0.3, -0.25) is 0 Å². The van der Waals surface area contributed by atoms with Crippen LogP contribution in [0.4, 0.5) is 10.2 Å². The van der Waals surface area contributed by atoms with Gasteiger partial charge >= 0.3 is 0 Å². The standard InChI is InChI=1S/C20H14FN5/c21-16-4-1-3-15(9-16)12-23-20-6-2-5-18(25-20)17-13-24-26-8-7-14(11-22)10-19(17)26/h1-10,13H,12H2,(H,23,25). The van der Waals surface area contributed by atoms with Crippen molar-refractivity contribution >= 4 is 11.3 Å². The Morgan fingerprint density at radius 2 is 2.00 bits per heavy atom. The number of hydrogen-bond acceptors (Lipinski definition) is 4. The molecule has 4 rings (SSSR count). The molecular formula is C20H14FN5. The van der Waals surface area contributed by atoms with Crippen LogP contribution in [0.15, 0.2) is 67.0 Å². The van der Waals surface area contributed by atoms with E-state index in [2.05, 4.69) is 21.5 Å². The third kappa shape index (κ3) is 3.10. The highest BCUT2D eigenvalue weighted by atomic mass is 19.1. The Hall–Kier alpha value is -3.72. The average molecular weight is 343 g/mol. The summed E-state index contributed by atoms with van der Waals surface area (Å²) in [6.07, 6.45) is 3.48. The molecule has 5 nitrogen and oxygen atoms in total. The highest BCUT2D eigenvalue weighted by molar-refractivity contribution is 5.79. The fourth-order valence-electron chi connectivity index (χ4n) is 2.77. The third-order valence-electron chi connectivity index (χ3n) is 4.04. The number of hydrogen-bond donors (Lipinski definition) is 1. The molecule has 0 atom stereocenters. The van der Waals surface area contributed by atoms with Crippen LogP contribution in [0.1, 0.15) is 11.1 Å². The highest BCUT2D eigenvalue weighted by Crippen LogP contribution is 2.24. The second-order valence-electron chi connectivity index (χ2n) is 5.81. The van der Waals surface area contributed by atoms with E-state index in [4.69, 9.17) is 5.26 Å². The molecule has 0 radical (unpaired) electrons. The van der Waals surface area contributed by atoms with Gasteiger partial charge in [0.05, 0.1) is 29.0 Å². The molecular weight excluding hydrogens is 329 g/mol. The van der Waals surface area contributed by atoms with Crippen LogP contribution in [0.2, 0.25) is 0 Å². The second-order valence-corrected chi connectivity index (χ2v) is 5.81. The van der Waals surface area contributed by atoms with E-state index in [1.165, 1.54) is 12.1 Å². The zero-order valence-electron chi connectivity index (χ0n) is 13.7. The van der Waals surface area contributed by atoms with E-state index >= 15 is 0 Å². The summed E-state index contributed by atoms with van der Waals surface area (Å²) >= 11 is 0. The van der Waals surface area contributed by atoms with Crippen LogP contribution in [0.25, 0.3) is 16.8 Å². The van der Waals surface area contributed by atoms with E-state index in [0.717, 1.165) is 22.3 Å². The zero-order valence-corrected chi connectivity index (χ0v) is 13.7. The minimum absolute atomic E-state index is 0.259. The maximum Gasteiger partial charge on any atom is 0.126 e. The molecule has 6 heteroatoms. The van der Waals surface area contributed by atoms with Gasteiger partial charge in [0.15, 0.2) is 0 Å². The lowest BCUT2D eigenvalue weighted by atomic mass is 10.1. The van der Waals surface area contributed by atoms with Crippen LogP contribution in [0, 0.1) is 17.1 Å². The van der Waals surface area contributed by atoms with Gasteiger partial charge in [-0.25, -0.2) is 13.9 Å². The molecule has 0 saturated carbocycles. The Morgan fingerprint density at radius 1 is 1.12 bits per heavy atom. The van der Waals surface area contributed by atoms with Crippen LogP contribution >= 0.6 is 0 Å². The Kier molecular flexibility index (Phi) is 4.04. The quantitative estimate of drug-likeness (QED) is 0.608. The lowest BCUT2D eigenvalue weighted by Gasteiger charge is -2.07. The number of nitrogens with zero attached hydrogens (tertiary/aromatic N) is 4. The molecule has 0 aliphatic rings. The predicted octanol–water partition coefficient (Wildman–Crippen LogP) is 4.02. The molecule has 0 saturated heterocycles. The number of rotatable bonds is 4. The molecule has 0 fully saturated rings. The number of nitriles is 1. The summed E-state index contributed by atoms with van der Waals surface area (Å²) < 4.78 is 15.0. The highest BCUT2D eigenvalue weighted by Gasteiger charge is 2.09. The van der Waals surface area contributed by atoms with Crippen molar-refractivity contribution in [2.45, 2.75) is 6.54 Å². The summed E-state index contributed by atoms with van der Waals surface area (Å²) in [7, 11) is 0. The number of anilines is 1. The summed E-state index contributed by atoms with van der Waals surface area (Å²) in [6.45, 7) is 0.474. The molecule has 26 heavy (non-hydrogen) atoms. The van der Waals surface area contributed by atoms with E-state index < -0.39 is 0 Å². The maximum atomic E-state index is 13.3. The van der Waals surface area contributed by atoms with Crippen molar-refractivity contribution < 1.29 is 4.39 Å². The van der Waals surface area contributed by atoms with E-state index in [1.807, 2.05) is 24.3 Å². The van der Waals surface area contributed by atoms with Crippen molar-refractivity contribution in [2.75, 3.05) is 5.32 Å². The monoisotopic (exact) mass is 343 g/mol. The van der Waals surface area contributed by atoms with E-state index in [1.54, 1.807) is 35.1 Å². The molecule has 0 unspecified atom stereocenters. The molecule has 0 aliphatic heterocycles. The van der Waals surface area contributed by atoms with Gasteiger partial charge in [0.2, 0.25) is 0 Å². The number of benzene rings is 1. The van der Waals surface area contributed by atoms with Crippen LogP contribution in [0.5, 0.6) is 0 Å². The number of fused-ring (bicyclic) bond motifs is 1. The smallest absolute Gasteiger partial charge is 0.126 e. The van der Waals surface area contributed by atoms with Crippen LogP contribution in [0.3, 0.4) is 0 Å². The van der Waals surface area contributed by atoms with Crippen molar-refractivity contribution in [1.82, 2.24) is 14.6 Å². The van der Waals surface area contributed by atoms with Gasteiger partial charge in [0.25, 0.3) is 0 Å². The molecule has 1 aromatic carbocycles. The number of nitrogens with one attached hydrogen (secondary N) is 1. The van der Waals surface area contributed by atoms with Gasteiger partial charge in [0, 0.05) is 18.3 Å². The second kappa shape index (κ2) is 6.65. The van der Waals surface area contributed by atoms with Crippen molar-refractivity contribution in [3.8, 4) is 17.3 Å². The fraction of sp³-hybridized carbons (Fsp3) is 0.0500. The minimum Gasteiger partial charge on any atom is -0.366 e. The maximum absolute atomic E-state index is 13.3. The van der Waals surface area contributed by atoms with Crippen molar-refractivity contribution in [3.05, 3.63) is 83.9 Å². The predicted molar refractivity (Wildman–Crippen MR) is 96.9 cm³/mol. The molecule has 0 spiro atoms. The number of pyridine rings is 2. The normalized spacial score (nSPS) is 10.6. The van der Waals surface area contributed by atoms with Gasteiger partial charge in [-0.1, -0.05) is 18.2 Å². The SMILES string of the molecule is N#Cc1ccn2ncc(-c3cccc(NCc4cccc(F)c4)n3)c2c1. The lowest BCUT2D eigenvalue weighted by molar-refractivity contribution is 0.626. The van der Waals surface area contributed by atoms with Gasteiger partial charge in [0.1, 0.15) is 11.6 Å². The number of halogens is 1. The summed E-state index contributed by atoms with van der Waals surface area (Å²) in [4.78, 5) is 4.62. The van der Waals surface area contributed by atoms with Crippen molar-refractivity contribution in [2.24, 2.45) is 0 Å². The average Bonchev–Trinajstić information content (AvgIpc) is 3.10. The Bertz CT molecular complexity index is 1130. The summed E-state index contributed by atoms with van der Waals surface area (Å²) in [6, 6.07) is 17.7. The first-order chi connectivity index (χ1) is 12.7. The molecule has 0 amide bonds. The first-order valence-corrected chi connectivity index (χ1v) is 8.06. The molecule has 0 aliphatic carbocycles. The van der Waals surface area contributed by atoms with E-state index in [0.29, 0.717) is 17.9 Å². The minimum atomic E-state index is -0.259. The summed E-state index contributed by atoms with van der Waals surface area (Å²) in [5, 5.41) is 16.6. The van der Waals surface area contributed by atoms with E-state index in [9.17, 15) is 4.39 Å². The van der Waals surface area contributed by atoms with Gasteiger partial charge < -0.3 is 5.32 Å². The Morgan fingerprint density at radius 3 is 2.85 bits per heavy atom. The Balaban J connectivity index is 1.63. The largest absolute Gasteiger partial charge is 0.366 e. The molecule has 3 heterocycles. The molecule has 4 aromatic rings. The fourth-order valence-corrected chi connectivity index (χ4v) is 2.77. The summed E-state index contributed by atoms with van der Waals surface area (Å²) in [5.74, 6) is 0.424. The van der Waals surface area contributed by atoms with Gasteiger partial charge in [-0.15, -0.1) is 0 Å². The molecule has 0 bridgehead atoms. The van der Waals surface area contributed by atoms with Crippen LogP contribution in [-0.2, 0) is 6.54 Å².